The summed E-state index contributed by atoms with van der Waals surface area (Å²) in [5.41, 5.74) is -0.105. The maximum absolute atomic E-state index is 14.3. The molecule has 6 aliphatic heterocycles. The van der Waals surface area contributed by atoms with Crippen LogP contribution in [0.3, 0.4) is 0 Å². The minimum Gasteiger partial charge on any atom is -0.632 e. The normalized spacial score (nSPS) is 54.0. The van der Waals surface area contributed by atoms with E-state index < -0.39 is 17.3 Å². The number of quaternary nitrogens is 1. The molecule has 0 saturated carbocycles. The Labute approximate surface area is 170 Å². The summed E-state index contributed by atoms with van der Waals surface area (Å²) in [6.07, 6.45) is 6.61. The minimum absolute atomic E-state index is 0.0118. The Morgan fingerprint density at radius 3 is 2.93 bits per heavy atom. The van der Waals surface area contributed by atoms with Gasteiger partial charge in [0.2, 0.25) is 11.5 Å². The topological polar surface area (TPSA) is 77.1 Å². The number of rotatable bonds is 3. The number of carbonyl (C=O) groups excluding carboxylic acids is 1. The lowest BCUT2D eigenvalue weighted by Crippen LogP contribution is -2.68. The van der Waals surface area contributed by atoms with Crippen LogP contribution in [0.1, 0.15) is 40.0 Å². The third-order valence-electron chi connectivity index (χ3n) is 8.48. The average Bonchev–Trinajstić information content (AvgIpc) is 3.37. The molecule has 29 heavy (non-hydrogen) atoms. The Bertz CT molecular complexity index is 922. The number of hydroxylamine groups is 3. The van der Waals surface area contributed by atoms with E-state index in [1.165, 1.54) is 7.11 Å². The van der Waals surface area contributed by atoms with E-state index in [4.69, 9.17) is 18.9 Å². The predicted molar refractivity (Wildman–Crippen MR) is 101 cm³/mol. The minimum atomic E-state index is -0.808. The van der Waals surface area contributed by atoms with Gasteiger partial charge in [0.05, 0.1) is 31.1 Å². The van der Waals surface area contributed by atoms with Crippen LogP contribution in [-0.4, -0.2) is 47.7 Å². The van der Waals surface area contributed by atoms with Crippen molar-refractivity contribution in [2.45, 2.75) is 63.5 Å². The molecular weight excluding hydrogens is 374 g/mol. The number of cyclic esters (lactones) is 1. The number of carbonyl (C=O) groups is 1. The van der Waals surface area contributed by atoms with E-state index in [0.717, 1.165) is 19.3 Å². The van der Waals surface area contributed by atoms with Crippen LogP contribution in [-0.2, 0) is 23.7 Å². The molecule has 0 radical (unpaired) electrons. The first-order chi connectivity index (χ1) is 13.9. The largest absolute Gasteiger partial charge is 0.632 e. The van der Waals surface area contributed by atoms with E-state index in [2.05, 4.69) is 26.0 Å². The fourth-order valence-electron chi connectivity index (χ4n) is 7.53. The lowest BCUT2D eigenvalue weighted by molar-refractivity contribution is -0.931. The highest BCUT2D eigenvalue weighted by molar-refractivity contribution is 5.93. The molecule has 156 valence electrons. The second-order valence-electron chi connectivity index (χ2n) is 9.35. The molecule has 1 spiro atoms. The molecule has 5 saturated heterocycles. The summed E-state index contributed by atoms with van der Waals surface area (Å²) >= 11 is 0. The maximum Gasteiger partial charge on any atom is 0.343 e. The quantitative estimate of drug-likeness (QED) is 0.313. The van der Waals surface area contributed by atoms with Crippen molar-refractivity contribution in [3.05, 3.63) is 40.2 Å². The molecular formula is C22H27NO6. The smallest absolute Gasteiger partial charge is 0.343 e. The number of esters is 1. The van der Waals surface area contributed by atoms with E-state index in [-0.39, 0.29) is 34.5 Å². The highest BCUT2D eigenvalue weighted by Gasteiger charge is 2.89. The molecule has 7 nitrogen and oxygen atoms in total. The fraction of sp³-hybridized carbons (Fsp3) is 0.682. The van der Waals surface area contributed by atoms with Crippen LogP contribution < -0.4 is 0 Å². The number of piperidine rings is 1. The molecule has 8 atom stereocenters. The van der Waals surface area contributed by atoms with Crippen LogP contribution >= 0.6 is 0 Å². The van der Waals surface area contributed by atoms with Crippen LogP contribution in [0.2, 0.25) is 0 Å². The molecule has 6 aliphatic rings. The fourth-order valence-corrected chi connectivity index (χ4v) is 7.53. The monoisotopic (exact) mass is 401 g/mol. The summed E-state index contributed by atoms with van der Waals surface area (Å²) in [6.45, 7) is 6.47. The summed E-state index contributed by atoms with van der Waals surface area (Å²) in [7, 11) is 1.53. The molecule has 7 heteroatoms. The Morgan fingerprint density at radius 1 is 1.41 bits per heavy atom. The summed E-state index contributed by atoms with van der Waals surface area (Å²) < 4.78 is 24.1. The van der Waals surface area contributed by atoms with Gasteiger partial charge in [-0.25, -0.2) is 4.79 Å². The number of nitrogens with zero attached hydrogens (tertiary/aromatic N) is 1. The van der Waals surface area contributed by atoms with Gasteiger partial charge in [-0.3, -0.25) is 0 Å². The number of methoxy groups -OCH3 is 1. The second kappa shape index (κ2) is 5.25. The summed E-state index contributed by atoms with van der Waals surface area (Å²) in [5.74, 6) is 0.0336. The van der Waals surface area contributed by atoms with Crippen molar-refractivity contribution in [3.63, 3.8) is 0 Å². The number of fused-ring (bicyclic) bond motifs is 1. The van der Waals surface area contributed by atoms with Gasteiger partial charge in [-0.15, -0.1) is 0 Å². The van der Waals surface area contributed by atoms with Crippen molar-refractivity contribution >= 4 is 5.97 Å². The average molecular weight is 401 g/mol. The van der Waals surface area contributed by atoms with E-state index >= 15 is 0 Å². The van der Waals surface area contributed by atoms with Crippen molar-refractivity contribution in [1.29, 1.82) is 0 Å². The van der Waals surface area contributed by atoms with Crippen LogP contribution in [0.15, 0.2) is 35.0 Å². The lowest BCUT2D eigenvalue weighted by Gasteiger charge is -2.56. The van der Waals surface area contributed by atoms with Crippen LogP contribution in [0.4, 0.5) is 0 Å². The summed E-state index contributed by atoms with van der Waals surface area (Å²) in [4.78, 5) is 12.2. The second-order valence-corrected chi connectivity index (χ2v) is 9.35. The van der Waals surface area contributed by atoms with Crippen molar-refractivity contribution in [2.75, 3.05) is 13.7 Å². The molecule has 5 fully saturated rings. The van der Waals surface area contributed by atoms with Crippen LogP contribution in [0, 0.1) is 23.0 Å². The third kappa shape index (κ3) is 1.65. The summed E-state index contributed by atoms with van der Waals surface area (Å²) in [5, 5.41) is 14.3. The zero-order valence-corrected chi connectivity index (χ0v) is 17.3. The van der Waals surface area contributed by atoms with Crippen LogP contribution in [0.25, 0.3) is 0 Å². The zero-order valence-electron chi connectivity index (χ0n) is 17.3. The standard InChI is InChI=1S/C22H27NO6/c1-5-6-8-21-14-7-9-23(21,25)13-10-15(21)28-22(14)16(13)11(2)18(29-22)19-17(26-4)12(3)20(24)27-19/h6,8,11,13-16H,5,7,9-10H2,1-4H3/b8-6+,19-18-/t11-,13?,14+,15-,16+,21+,22+,23+/m0/s1. The third-order valence-corrected chi connectivity index (χ3v) is 8.48. The van der Waals surface area contributed by atoms with E-state index in [0.29, 0.717) is 29.4 Å². The molecule has 0 aromatic rings. The Morgan fingerprint density at radius 2 is 2.21 bits per heavy atom. The van der Waals surface area contributed by atoms with E-state index in [1.807, 2.05) is 0 Å². The van der Waals surface area contributed by atoms with Gasteiger partial charge in [0.15, 0.2) is 11.3 Å². The van der Waals surface area contributed by atoms with Crippen molar-refractivity contribution in [1.82, 2.24) is 0 Å². The van der Waals surface area contributed by atoms with Gasteiger partial charge in [0, 0.05) is 18.8 Å². The molecule has 6 heterocycles. The van der Waals surface area contributed by atoms with Crippen molar-refractivity contribution in [3.8, 4) is 0 Å². The van der Waals surface area contributed by atoms with Gasteiger partial charge in [0.1, 0.15) is 17.9 Å². The van der Waals surface area contributed by atoms with Gasteiger partial charge in [-0.1, -0.05) is 19.9 Å². The van der Waals surface area contributed by atoms with Gasteiger partial charge in [-0.2, -0.15) is 0 Å². The van der Waals surface area contributed by atoms with Crippen LogP contribution in [0.5, 0.6) is 0 Å². The first-order valence-corrected chi connectivity index (χ1v) is 10.7. The Balaban J connectivity index is 1.52. The number of ether oxygens (including phenoxy) is 4. The summed E-state index contributed by atoms with van der Waals surface area (Å²) in [6, 6.07) is -0.0599. The first-order valence-electron chi connectivity index (χ1n) is 10.7. The van der Waals surface area contributed by atoms with E-state index in [9.17, 15) is 10.0 Å². The van der Waals surface area contributed by atoms with Crippen molar-refractivity contribution in [2.24, 2.45) is 17.8 Å². The Hall–Kier alpha value is -1.83. The van der Waals surface area contributed by atoms with Gasteiger partial charge < -0.3 is 28.8 Å². The van der Waals surface area contributed by atoms with Gasteiger partial charge in [-0.05, 0) is 19.4 Å². The maximum atomic E-state index is 14.3. The van der Waals surface area contributed by atoms with E-state index in [1.54, 1.807) is 6.92 Å². The first kappa shape index (κ1) is 18.0. The molecule has 6 rings (SSSR count). The molecule has 0 N–H and O–H groups in total. The lowest BCUT2D eigenvalue weighted by atomic mass is 9.70. The number of hydrogen-bond donors (Lipinski definition) is 0. The van der Waals surface area contributed by atoms with Gasteiger partial charge in [0.25, 0.3) is 0 Å². The molecule has 5 bridgehead atoms. The molecule has 0 aromatic carbocycles. The van der Waals surface area contributed by atoms with Gasteiger partial charge >= 0.3 is 5.97 Å². The van der Waals surface area contributed by atoms with Crippen molar-refractivity contribution < 1.29 is 28.4 Å². The zero-order chi connectivity index (χ0) is 20.3. The SMILES string of the molecule is CC/C=C/[C@]12[C@@H]3CC4[C@H]5[C@H](C)/C(=C6/OC(=O)C(C)=C6OC)O[C@]5(O3)[C@@H]1CC[N@@+]42[O-]. The molecule has 0 amide bonds. The molecule has 1 unspecified atom stereocenters. The highest BCUT2D eigenvalue weighted by Crippen LogP contribution is 2.75. The highest BCUT2D eigenvalue weighted by atomic mass is 16.7. The predicted octanol–water partition coefficient (Wildman–Crippen LogP) is 2.88. The molecule has 0 aromatic heterocycles. The number of allylic oxidation sites excluding steroid dienone is 2. The molecule has 0 aliphatic carbocycles. The Kier molecular flexibility index (Phi) is 3.26. The number of hydrogen-bond acceptors (Lipinski definition) is 6.